The summed E-state index contributed by atoms with van der Waals surface area (Å²) in [6, 6.07) is 0. The maximum absolute atomic E-state index is 11.7. The van der Waals surface area contributed by atoms with Gasteiger partial charge in [0.1, 0.15) is 0 Å². The zero-order valence-electron chi connectivity index (χ0n) is 9.17. The normalized spacial score (nSPS) is 37.4. The van der Waals surface area contributed by atoms with Gasteiger partial charge in [-0.05, 0) is 0 Å². The van der Waals surface area contributed by atoms with Gasteiger partial charge in [0.15, 0.2) is 5.78 Å². The maximum Gasteiger partial charge on any atom is 0.345 e. The molecule has 1 saturated carbocycles. The molecule has 4 nitrogen and oxygen atoms in total. The predicted molar refractivity (Wildman–Crippen MR) is 57.2 cm³/mol. The summed E-state index contributed by atoms with van der Waals surface area (Å²) >= 11 is 11.6. The lowest BCUT2D eigenvalue weighted by atomic mass is 9.77. The molecule has 2 aliphatic rings. The van der Waals surface area contributed by atoms with Crippen LogP contribution in [0.25, 0.3) is 0 Å². The smallest absolute Gasteiger partial charge is 0.345 e. The molecule has 0 aromatic heterocycles. The molecule has 1 saturated heterocycles. The topological polar surface area (TPSA) is 52.6 Å². The van der Waals surface area contributed by atoms with E-state index < -0.39 is 28.0 Å². The van der Waals surface area contributed by atoms with Crippen LogP contribution in [0.4, 0.5) is 0 Å². The Kier molecular flexibility index (Phi) is 2.37. The van der Waals surface area contributed by atoms with Gasteiger partial charge in [0, 0.05) is 5.41 Å². The Labute approximate surface area is 103 Å². The quantitative estimate of drug-likeness (QED) is 0.496. The van der Waals surface area contributed by atoms with Crippen LogP contribution < -0.4 is 0 Å². The number of alkyl halides is 2. The second-order valence-corrected chi connectivity index (χ2v) is 6.55. The molecular weight excluding hydrogens is 255 g/mol. The van der Waals surface area contributed by atoms with Crippen LogP contribution in [0.15, 0.2) is 0 Å². The van der Waals surface area contributed by atoms with E-state index in [-0.39, 0.29) is 11.8 Å². The summed E-state index contributed by atoms with van der Waals surface area (Å²) in [5, 5.41) is 0. The van der Waals surface area contributed by atoms with Crippen LogP contribution in [0.2, 0.25) is 0 Å². The van der Waals surface area contributed by atoms with Gasteiger partial charge in [0.25, 0.3) is 0 Å². The number of ether oxygens (including phenoxy) is 2. The summed E-state index contributed by atoms with van der Waals surface area (Å²) in [6.07, 6.45) is -0.851. The lowest BCUT2D eigenvalue weighted by Gasteiger charge is -2.43. The Morgan fingerprint density at radius 3 is 2.19 bits per heavy atom. The first kappa shape index (κ1) is 12.1. The van der Waals surface area contributed by atoms with Crippen molar-refractivity contribution in [3.63, 3.8) is 0 Å². The summed E-state index contributed by atoms with van der Waals surface area (Å²) < 4.78 is 8.76. The third kappa shape index (κ3) is 1.33. The fraction of sp³-hybridized carbons (Fsp3) is 0.800. The van der Waals surface area contributed by atoms with Crippen molar-refractivity contribution in [1.29, 1.82) is 0 Å². The average molecular weight is 267 g/mol. The zero-order valence-corrected chi connectivity index (χ0v) is 10.7. The minimum Gasteiger partial charge on any atom is -0.433 e. The molecule has 0 N–H and O–H groups in total. The molecule has 0 amide bonds. The van der Waals surface area contributed by atoms with Crippen LogP contribution in [0.5, 0.6) is 0 Å². The summed E-state index contributed by atoms with van der Waals surface area (Å²) in [7, 11) is 0. The molecule has 1 aliphatic carbocycles. The van der Waals surface area contributed by atoms with Gasteiger partial charge in [0.05, 0.1) is 6.42 Å². The molecule has 0 aromatic carbocycles. The van der Waals surface area contributed by atoms with Gasteiger partial charge in [-0.3, -0.25) is 4.79 Å². The van der Waals surface area contributed by atoms with Crippen LogP contribution in [0, 0.1) is 5.41 Å². The van der Waals surface area contributed by atoms with Crippen LogP contribution in [-0.4, -0.2) is 28.0 Å². The third-order valence-corrected chi connectivity index (χ3v) is 3.86. The third-order valence-electron chi connectivity index (χ3n) is 2.83. The van der Waals surface area contributed by atoms with E-state index in [1.54, 1.807) is 0 Å². The van der Waals surface area contributed by atoms with E-state index in [0.717, 1.165) is 0 Å². The highest BCUT2D eigenvalue weighted by atomic mass is 35.5. The fourth-order valence-corrected chi connectivity index (χ4v) is 2.19. The number of rotatable bonds is 0. The SMILES string of the molecule is CC(C)(C)[C@@H]1OC(=O)[C@]2(CC(=O)C2(Cl)Cl)O1. The maximum atomic E-state index is 11.7. The molecule has 16 heavy (non-hydrogen) atoms. The second kappa shape index (κ2) is 3.12. The highest BCUT2D eigenvalue weighted by Crippen LogP contribution is 2.55. The number of hydrogen-bond acceptors (Lipinski definition) is 4. The lowest BCUT2D eigenvalue weighted by Crippen LogP contribution is -2.67. The molecule has 6 heteroatoms. The van der Waals surface area contributed by atoms with Gasteiger partial charge in [-0.1, -0.05) is 44.0 Å². The molecule has 1 aliphatic heterocycles. The van der Waals surface area contributed by atoms with Crippen LogP contribution >= 0.6 is 23.2 Å². The predicted octanol–water partition coefficient (Wildman–Crippen LogP) is 1.82. The molecule has 1 spiro atoms. The molecular formula is C10H12Cl2O4. The first-order valence-electron chi connectivity index (χ1n) is 4.91. The Hall–Kier alpha value is -0.320. The number of Topliss-reactive ketones (excluding diaryl/α,β-unsaturated/α-hetero) is 1. The number of cyclic esters (lactones) is 1. The minimum absolute atomic E-state index is 0.120. The van der Waals surface area contributed by atoms with Crippen molar-refractivity contribution in [2.24, 2.45) is 5.41 Å². The van der Waals surface area contributed by atoms with Crippen molar-refractivity contribution >= 4 is 35.0 Å². The van der Waals surface area contributed by atoms with Crippen molar-refractivity contribution in [3.05, 3.63) is 0 Å². The first-order chi connectivity index (χ1) is 7.11. The van der Waals surface area contributed by atoms with Gasteiger partial charge in [-0.2, -0.15) is 0 Å². The fourth-order valence-electron chi connectivity index (χ4n) is 1.68. The minimum atomic E-state index is -1.82. The summed E-state index contributed by atoms with van der Waals surface area (Å²) in [6.45, 7) is 5.57. The molecule has 0 aromatic rings. The van der Waals surface area contributed by atoms with Gasteiger partial charge < -0.3 is 9.47 Å². The Bertz CT molecular complexity index is 372. The van der Waals surface area contributed by atoms with E-state index in [2.05, 4.69) is 0 Å². The lowest BCUT2D eigenvalue weighted by molar-refractivity contribution is -0.174. The van der Waals surface area contributed by atoms with Crippen molar-refractivity contribution in [3.8, 4) is 0 Å². The van der Waals surface area contributed by atoms with E-state index >= 15 is 0 Å². The summed E-state index contributed by atoms with van der Waals surface area (Å²) in [5.74, 6) is -1.07. The molecule has 90 valence electrons. The Morgan fingerprint density at radius 1 is 1.31 bits per heavy atom. The van der Waals surface area contributed by atoms with E-state index in [1.807, 2.05) is 20.8 Å². The molecule has 2 atom stereocenters. The summed E-state index contributed by atoms with van der Waals surface area (Å²) in [4.78, 5) is 23.0. The number of hydrogen-bond donors (Lipinski definition) is 0. The van der Waals surface area contributed by atoms with Crippen molar-refractivity contribution in [2.75, 3.05) is 0 Å². The van der Waals surface area contributed by atoms with Gasteiger partial charge in [0.2, 0.25) is 16.2 Å². The van der Waals surface area contributed by atoms with Gasteiger partial charge in [-0.25, -0.2) is 4.79 Å². The Balaban J connectivity index is 2.28. The molecule has 2 rings (SSSR count). The van der Waals surface area contributed by atoms with Gasteiger partial charge >= 0.3 is 5.97 Å². The highest BCUT2D eigenvalue weighted by Gasteiger charge is 2.75. The van der Waals surface area contributed by atoms with Crippen LogP contribution in [0.1, 0.15) is 27.2 Å². The number of halogens is 2. The molecule has 1 heterocycles. The molecule has 0 unspecified atom stereocenters. The summed E-state index contributed by atoms with van der Waals surface area (Å²) in [5.41, 5.74) is -1.90. The highest BCUT2D eigenvalue weighted by molar-refractivity contribution is 6.63. The van der Waals surface area contributed by atoms with Crippen LogP contribution in [0.3, 0.4) is 0 Å². The molecule has 0 radical (unpaired) electrons. The van der Waals surface area contributed by atoms with E-state index in [1.165, 1.54) is 0 Å². The number of carbonyl (C=O) groups excluding carboxylic acids is 2. The monoisotopic (exact) mass is 266 g/mol. The molecule has 0 bridgehead atoms. The first-order valence-corrected chi connectivity index (χ1v) is 5.67. The van der Waals surface area contributed by atoms with Crippen LogP contribution in [-0.2, 0) is 19.1 Å². The molecule has 2 fully saturated rings. The Morgan fingerprint density at radius 2 is 1.88 bits per heavy atom. The number of carbonyl (C=O) groups is 2. The van der Waals surface area contributed by atoms with Crippen molar-refractivity contribution in [2.45, 2.75) is 43.4 Å². The average Bonchev–Trinajstić information content (AvgIpc) is 2.46. The van der Waals surface area contributed by atoms with E-state index in [4.69, 9.17) is 32.7 Å². The van der Waals surface area contributed by atoms with Gasteiger partial charge in [-0.15, -0.1) is 0 Å². The second-order valence-electron chi connectivity index (χ2n) is 5.22. The largest absolute Gasteiger partial charge is 0.433 e. The number of ketones is 1. The standard InChI is InChI=1S/C10H12Cl2O4/c1-8(2,3)7-15-6(14)9(16-7)4-5(13)10(9,11)12/h7H,4H2,1-3H3/t7-,9+/m1/s1. The van der Waals surface area contributed by atoms with E-state index in [9.17, 15) is 9.59 Å². The van der Waals surface area contributed by atoms with E-state index in [0.29, 0.717) is 0 Å². The zero-order chi connectivity index (χ0) is 12.4. The van der Waals surface area contributed by atoms with Crippen molar-refractivity contribution in [1.82, 2.24) is 0 Å². The van der Waals surface area contributed by atoms with Crippen molar-refractivity contribution < 1.29 is 19.1 Å². The number of esters is 1.